The van der Waals surface area contributed by atoms with Crippen molar-refractivity contribution in [3.8, 4) is 5.69 Å². The molecule has 24 heavy (non-hydrogen) atoms. The number of aromatic nitrogens is 6. The average molecular weight is 324 g/mol. The van der Waals surface area contributed by atoms with Crippen molar-refractivity contribution in [2.75, 3.05) is 6.54 Å². The van der Waals surface area contributed by atoms with Gasteiger partial charge in [0.2, 0.25) is 0 Å². The number of tetrazole rings is 1. The Bertz CT molecular complexity index is 830. The van der Waals surface area contributed by atoms with Gasteiger partial charge in [0.1, 0.15) is 11.5 Å². The van der Waals surface area contributed by atoms with E-state index in [0.29, 0.717) is 18.1 Å². The van der Waals surface area contributed by atoms with Crippen LogP contribution in [0.4, 0.5) is 0 Å². The molecule has 0 saturated heterocycles. The van der Waals surface area contributed by atoms with Gasteiger partial charge in [-0.3, -0.25) is 4.79 Å². The van der Waals surface area contributed by atoms with Gasteiger partial charge in [-0.1, -0.05) is 18.2 Å². The molecule has 4 rings (SSSR count). The minimum Gasteiger partial charge on any atom is -0.343 e. The molecule has 0 radical (unpaired) electrons. The molecule has 0 fully saturated rings. The van der Waals surface area contributed by atoms with E-state index in [-0.39, 0.29) is 12.5 Å². The van der Waals surface area contributed by atoms with Crippen molar-refractivity contribution in [1.29, 1.82) is 0 Å². The van der Waals surface area contributed by atoms with Gasteiger partial charge in [-0.05, 0) is 22.6 Å². The predicted octanol–water partition coefficient (Wildman–Crippen LogP) is -0.108. The molecular weight excluding hydrogens is 308 g/mol. The van der Waals surface area contributed by atoms with Crippen molar-refractivity contribution >= 4 is 5.91 Å². The van der Waals surface area contributed by atoms with Gasteiger partial charge in [0, 0.05) is 19.3 Å². The van der Waals surface area contributed by atoms with Crippen LogP contribution in [0.15, 0.2) is 36.5 Å². The monoisotopic (exact) mass is 324 g/mol. The quantitative estimate of drug-likeness (QED) is 0.694. The first-order chi connectivity index (χ1) is 11.8. The van der Waals surface area contributed by atoms with E-state index < -0.39 is 0 Å². The second-order valence-corrected chi connectivity index (χ2v) is 5.44. The van der Waals surface area contributed by atoms with Crippen molar-refractivity contribution in [1.82, 2.24) is 40.4 Å². The lowest BCUT2D eigenvalue weighted by atomic mass is 10.3. The molecule has 0 saturated carbocycles. The Hall–Kier alpha value is -3.07. The zero-order valence-electron chi connectivity index (χ0n) is 12.9. The first-order valence-electron chi connectivity index (χ1n) is 7.69. The lowest BCUT2D eigenvalue weighted by Gasteiger charge is -2.13. The zero-order chi connectivity index (χ0) is 16.4. The smallest absolute Gasteiger partial charge is 0.271 e. The summed E-state index contributed by atoms with van der Waals surface area (Å²) in [5.74, 6) is 1.19. The fraction of sp³-hybridized carbons (Fsp3) is 0.267. The highest BCUT2D eigenvalue weighted by Crippen LogP contribution is 2.09. The molecule has 0 aliphatic carbocycles. The molecule has 3 heterocycles. The largest absolute Gasteiger partial charge is 0.343 e. The second kappa shape index (κ2) is 6.20. The Balaban J connectivity index is 1.47. The summed E-state index contributed by atoms with van der Waals surface area (Å²) in [7, 11) is 0. The second-order valence-electron chi connectivity index (χ2n) is 5.44. The minimum absolute atomic E-state index is 0.223. The van der Waals surface area contributed by atoms with Crippen LogP contribution in [-0.2, 0) is 19.6 Å². The van der Waals surface area contributed by atoms with E-state index in [2.05, 4.69) is 31.1 Å². The number of carbonyl (C=O) groups is 1. The molecule has 0 bridgehead atoms. The maximum Gasteiger partial charge on any atom is 0.271 e. The van der Waals surface area contributed by atoms with E-state index in [9.17, 15) is 4.79 Å². The molecule has 1 aliphatic heterocycles. The number of benzene rings is 1. The summed E-state index contributed by atoms with van der Waals surface area (Å²) in [6.45, 7) is 2.61. The molecule has 2 aromatic heterocycles. The lowest BCUT2D eigenvalue weighted by molar-refractivity contribution is 0.0945. The van der Waals surface area contributed by atoms with E-state index in [1.807, 2.05) is 34.9 Å². The maximum absolute atomic E-state index is 12.3. The van der Waals surface area contributed by atoms with Gasteiger partial charge in [-0.25, -0.2) is 4.98 Å². The summed E-state index contributed by atoms with van der Waals surface area (Å²) in [5, 5.41) is 17.7. The van der Waals surface area contributed by atoms with Crippen LogP contribution in [-0.4, -0.2) is 42.2 Å². The summed E-state index contributed by atoms with van der Waals surface area (Å²) in [6.07, 6.45) is 1.78. The Morgan fingerprint density at radius 1 is 1.29 bits per heavy atom. The number of fused-ring (bicyclic) bond motifs is 1. The van der Waals surface area contributed by atoms with Gasteiger partial charge in [0.05, 0.1) is 18.8 Å². The van der Waals surface area contributed by atoms with E-state index in [1.165, 1.54) is 0 Å². The standard InChI is InChI=1S/C15H16N8O/c24-15(12-10-22-7-6-16-8-13(22)18-12)17-9-14-19-20-21-23(14)11-4-2-1-3-5-11/h1-5,10,16H,6-9H2,(H,17,24). The number of amides is 1. The Morgan fingerprint density at radius 2 is 2.17 bits per heavy atom. The van der Waals surface area contributed by atoms with Crippen molar-refractivity contribution in [2.24, 2.45) is 0 Å². The normalized spacial score (nSPS) is 13.5. The first-order valence-corrected chi connectivity index (χ1v) is 7.69. The highest BCUT2D eigenvalue weighted by atomic mass is 16.1. The molecule has 0 spiro atoms. The van der Waals surface area contributed by atoms with Crippen molar-refractivity contribution < 1.29 is 4.79 Å². The van der Waals surface area contributed by atoms with Crippen LogP contribution in [0.2, 0.25) is 0 Å². The highest BCUT2D eigenvalue weighted by Gasteiger charge is 2.17. The Morgan fingerprint density at radius 3 is 3.00 bits per heavy atom. The van der Waals surface area contributed by atoms with Gasteiger partial charge < -0.3 is 15.2 Å². The molecule has 9 heteroatoms. The van der Waals surface area contributed by atoms with Gasteiger partial charge in [-0.15, -0.1) is 5.10 Å². The van der Waals surface area contributed by atoms with Crippen LogP contribution in [0, 0.1) is 0 Å². The number of hydrogen-bond donors (Lipinski definition) is 2. The fourth-order valence-corrected chi connectivity index (χ4v) is 2.63. The molecule has 9 nitrogen and oxygen atoms in total. The maximum atomic E-state index is 12.3. The number of nitrogens with one attached hydrogen (secondary N) is 2. The third-order valence-electron chi connectivity index (χ3n) is 3.85. The van der Waals surface area contributed by atoms with Crippen LogP contribution in [0.3, 0.4) is 0 Å². The zero-order valence-corrected chi connectivity index (χ0v) is 12.9. The number of imidazole rings is 1. The lowest BCUT2D eigenvalue weighted by Crippen LogP contribution is -2.27. The summed E-state index contributed by atoms with van der Waals surface area (Å²) in [5.41, 5.74) is 1.25. The highest BCUT2D eigenvalue weighted by molar-refractivity contribution is 5.92. The Kier molecular flexibility index (Phi) is 3.75. The van der Waals surface area contributed by atoms with Gasteiger partial charge >= 0.3 is 0 Å². The molecule has 1 aliphatic rings. The summed E-state index contributed by atoms with van der Waals surface area (Å²) < 4.78 is 3.60. The van der Waals surface area contributed by atoms with Gasteiger partial charge in [0.15, 0.2) is 5.82 Å². The van der Waals surface area contributed by atoms with E-state index in [1.54, 1.807) is 10.9 Å². The number of carbonyl (C=O) groups excluding carboxylic acids is 1. The third-order valence-corrected chi connectivity index (χ3v) is 3.85. The molecule has 1 amide bonds. The van der Waals surface area contributed by atoms with Crippen molar-refractivity contribution in [2.45, 2.75) is 19.6 Å². The molecule has 122 valence electrons. The van der Waals surface area contributed by atoms with Gasteiger partial charge in [0.25, 0.3) is 5.91 Å². The fourth-order valence-electron chi connectivity index (χ4n) is 2.63. The SMILES string of the molecule is O=C(NCc1nnnn1-c1ccccc1)c1cn2c(n1)CNCC2. The first kappa shape index (κ1) is 14.5. The third kappa shape index (κ3) is 2.76. The molecular formula is C15H16N8O. The van der Waals surface area contributed by atoms with Crippen LogP contribution in [0.25, 0.3) is 5.69 Å². The van der Waals surface area contributed by atoms with Crippen LogP contribution in [0.5, 0.6) is 0 Å². The minimum atomic E-state index is -0.237. The van der Waals surface area contributed by atoms with E-state index >= 15 is 0 Å². The van der Waals surface area contributed by atoms with Crippen LogP contribution >= 0.6 is 0 Å². The number of nitrogens with zero attached hydrogens (tertiary/aromatic N) is 6. The molecule has 2 N–H and O–H groups in total. The van der Waals surface area contributed by atoms with Crippen LogP contribution in [0.1, 0.15) is 22.1 Å². The van der Waals surface area contributed by atoms with Crippen molar-refractivity contribution in [3.05, 3.63) is 53.9 Å². The van der Waals surface area contributed by atoms with E-state index in [4.69, 9.17) is 0 Å². The molecule has 0 atom stereocenters. The number of rotatable bonds is 4. The van der Waals surface area contributed by atoms with Crippen LogP contribution < -0.4 is 10.6 Å². The van der Waals surface area contributed by atoms with E-state index in [0.717, 1.165) is 24.6 Å². The average Bonchev–Trinajstić information content (AvgIpc) is 3.27. The summed E-state index contributed by atoms with van der Waals surface area (Å²) >= 11 is 0. The summed E-state index contributed by atoms with van der Waals surface area (Å²) in [4.78, 5) is 16.7. The summed E-state index contributed by atoms with van der Waals surface area (Å²) in [6, 6.07) is 9.53. The predicted molar refractivity (Wildman–Crippen MR) is 84.3 cm³/mol. The molecule has 3 aromatic rings. The topological polar surface area (TPSA) is 103 Å². The Labute approximate surface area is 137 Å². The number of para-hydroxylation sites is 1. The van der Waals surface area contributed by atoms with Crippen molar-refractivity contribution in [3.63, 3.8) is 0 Å². The molecule has 0 unspecified atom stereocenters. The molecule has 1 aromatic carbocycles. The van der Waals surface area contributed by atoms with Gasteiger partial charge in [-0.2, -0.15) is 4.68 Å². The number of hydrogen-bond acceptors (Lipinski definition) is 6.